The van der Waals surface area contributed by atoms with Crippen LogP contribution in [0.4, 0.5) is 0 Å². The van der Waals surface area contributed by atoms with E-state index in [1.54, 1.807) is 6.08 Å². The maximum Gasteiger partial charge on any atom is 0.324 e. The van der Waals surface area contributed by atoms with E-state index < -0.39 is 8.60 Å². The van der Waals surface area contributed by atoms with Gasteiger partial charge in [-0.2, -0.15) is 9.90 Å². The zero-order valence-electron chi connectivity index (χ0n) is 8.24. The van der Waals surface area contributed by atoms with Crippen molar-refractivity contribution in [3.05, 3.63) is 49.1 Å². The van der Waals surface area contributed by atoms with Crippen LogP contribution in [0.2, 0.25) is 0 Å². The van der Waals surface area contributed by atoms with Crippen molar-refractivity contribution >= 4 is 18.5 Å². The third kappa shape index (κ3) is 41.2. The number of hydrogen-bond donors (Lipinski definition) is 3. The molecule has 0 aliphatic carbocycles. The molecule has 82 valence electrons. The molecule has 1 atom stereocenters. The maximum absolute atomic E-state index is 7.23. The van der Waals surface area contributed by atoms with Gasteiger partial charge in [-0.25, -0.2) is 0 Å². The molecule has 0 aliphatic rings. The molecular weight excluding hydrogens is 218 g/mol. The summed E-state index contributed by atoms with van der Waals surface area (Å²) in [6.45, 7) is 5.25. The van der Waals surface area contributed by atoms with Crippen LogP contribution in [0, 0.1) is 0 Å². The van der Waals surface area contributed by atoms with Crippen LogP contribution in [0.5, 0.6) is 0 Å². The molecule has 0 spiro atoms. The molecule has 1 aromatic carbocycles. The van der Waals surface area contributed by atoms with Gasteiger partial charge in [0.25, 0.3) is 0 Å². The van der Waals surface area contributed by atoms with E-state index in [9.17, 15) is 0 Å². The Hall–Kier alpha value is -0.300. The van der Waals surface area contributed by atoms with Gasteiger partial charge in [0.1, 0.15) is 0 Å². The van der Waals surface area contributed by atoms with E-state index in [1.165, 1.54) is 0 Å². The van der Waals surface area contributed by atoms with E-state index in [-0.39, 0.29) is 9.90 Å². The van der Waals surface area contributed by atoms with Crippen LogP contribution in [-0.4, -0.2) is 14.7 Å². The van der Waals surface area contributed by atoms with E-state index in [0.717, 1.165) is 0 Å². The number of allylic oxidation sites excluding steroid dienone is 1. The quantitative estimate of drug-likeness (QED) is 0.477. The molecule has 0 fully saturated rings. The van der Waals surface area contributed by atoms with Crippen molar-refractivity contribution in [1.82, 2.24) is 0 Å². The average molecular weight is 236 g/mol. The summed E-state index contributed by atoms with van der Waals surface area (Å²) in [6, 6.07) is 12.0. The Morgan fingerprint density at radius 2 is 1.00 bits per heavy atom. The fraction of sp³-hybridized carbons (Fsp3) is 0.111. The highest BCUT2D eigenvalue weighted by Crippen LogP contribution is 2.11. The average Bonchev–Trinajstić information content (AvgIpc) is 2.08. The Kier molecular flexibility index (Phi) is 25.5. The molecule has 3 N–H and O–H groups in total. The van der Waals surface area contributed by atoms with E-state index in [4.69, 9.17) is 14.7 Å². The number of hydrogen-bond acceptors (Lipinski definition) is 3. The topological polar surface area (TPSA) is 60.7 Å². The summed E-state index contributed by atoms with van der Waals surface area (Å²) < 4.78 is 0. The van der Waals surface area contributed by atoms with Crippen LogP contribution in [0.15, 0.2) is 49.1 Å². The van der Waals surface area contributed by atoms with Crippen molar-refractivity contribution in [2.75, 3.05) is 0 Å². The molecule has 5 heteroatoms. The molecule has 0 heterocycles. The summed E-state index contributed by atoms with van der Waals surface area (Å²) in [7, 11) is -2.62. The highest BCUT2D eigenvalue weighted by molar-refractivity contribution is 7.38. The lowest BCUT2D eigenvalue weighted by Crippen LogP contribution is -1.54. The molecule has 0 radical (unpaired) electrons. The molecule has 0 bridgehead atoms. The lowest BCUT2D eigenvalue weighted by atomic mass is 10.4. The van der Waals surface area contributed by atoms with Gasteiger partial charge in [-0.3, -0.25) is 0 Å². The van der Waals surface area contributed by atoms with Crippen LogP contribution >= 0.6 is 18.5 Å². The van der Waals surface area contributed by atoms with E-state index in [0.29, 0.717) is 0 Å². The fourth-order valence-electron chi connectivity index (χ4n) is 0.385. The third-order valence-electron chi connectivity index (χ3n) is 0.667. The van der Waals surface area contributed by atoms with Crippen molar-refractivity contribution in [3.8, 4) is 0 Å². The molecule has 0 saturated heterocycles. The summed E-state index contributed by atoms with van der Waals surface area (Å²) in [4.78, 5) is 21.7. The van der Waals surface area contributed by atoms with Crippen molar-refractivity contribution < 1.29 is 14.7 Å². The van der Waals surface area contributed by atoms with E-state index >= 15 is 0 Å². The second-order valence-corrected chi connectivity index (χ2v) is 2.37. The minimum absolute atomic E-state index is 0. The van der Waals surface area contributed by atoms with Gasteiger partial charge in [-0.15, -0.1) is 6.58 Å². The van der Waals surface area contributed by atoms with Crippen LogP contribution in [0.25, 0.3) is 0 Å². The Bertz CT molecular complexity index is 151. The normalized spacial score (nSPS) is 6.93. The molecule has 14 heavy (non-hydrogen) atoms. The van der Waals surface area contributed by atoms with E-state index in [1.807, 2.05) is 43.3 Å². The van der Waals surface area contributed by atoms with Gasteiger partial charge in [0.15, 0.2) is 0 Å². The highest BCUT2D eigenvalue weighted by atomic mass is 31.2. The van der Waals surface area contributed by atoms with Crippen LogP contribution in [0.3, 0.4) is 0 Å². The summed E-state index contributed by atoms with van der Waals surface area (Å²) in [5, 5.41) is 0. The summed E-state index contributed by atoms with van der Waals surface area (Å²) in [5.74, 6) is 0. The highest BCUT2D eigenvalue weighted by Gasteiger charge is 1.76. The minimum atomic E-state index is -2.62. The predicted molar refractivity (Wildman–Crippen MR) is 67.0 cm³/mol. The van der Waals surface area contributed by atoms with Gasteiger partial charge in [0.2, 0.25) is 0 Å². The van der Waals surface area contributed by atoms with Gasteiger partial charge in [-0.05, 0) is 6.92 Å². The van der Waals surface area contributed by atoms with Gasteiger partial charge in [0.05, 0.1) is 0 Å². The second-order valence-electron chi connectivity index (χ2n) is 1.83. The van der Waals surface area contributed by atoms with Crippen LogP contribution < -0.4 is 0 Å². The van der Waals surface area contributed by atoms with Crippen molar-refractivity contribution in [3.63, 3.8) is 0 Å². The van der Waals surface area contributed by atoms with Gasteiger partial charge >= 0.3 is 8.60 Å². The Balaban J connectivity index is -0.000000135. The largest absolute Gasteiger partial charge is 0.328 e. The SMILES string of the molecule is C=CC.OP(O)O.P.c1ccccc1. The van der Waals surface area contributed by atoms with Crippen LogP contribution in [-0.2, 0) is 0 Å². The number of benzene rings is 1. The third-order valence-corrected chi connectivity index (χ3v) is 0.667. The molecule has 0 amide bonds. The lowest BCUT2D eigenvalue weighted by Gasteiger charge is -1.76. The molecule has 1 aromatic rings. The molecule has 3 nitrogen and oxygen atoms in total. The first-order chi connectivity index (χ1) is 6.15. The standard InChI is InChI=1S/C6H6.C3H6.H3O3P.H3P/c1-2-4-6-5-3-1;1-3-2;1-4(2)3;/h1-6H;3H,1H2,2H3;1-3H;1H3. The van der Waals surface area contributed by atoms with Crippen molar-refractivity contribution in [2.45, 2.75) is 6.92 Å². The maximum atomic E-state index is 7.23. The van der Waals surface area contributed by atoms with Gasteiger partial charge in [-0.1, -0.05) is 42.5 Å². The lowest BCUT2D eigenvalue weighted by molar-refractivity contribution is 0.368. The molecule has 1 unspecified atom stereocenters. The molecule has 1 rings (SSSR count). The zero-order valence-corrected chi connectivity index (χ0v) is 10.6. The minimum Gasteiger partial charge on any atom is -0.328 e. The van der Waals surface area contributed by atoms with Gasteiger partial charge in [0, 0.05) is 0 Å². The summed E-state index contributed by atoms with van der Waals surface area (Å²) in [6.07, 6.45) is 1.75. The van der Waals surface area contributed by atoms with Crippen molar-refractivity contribution in [2.24, 2.45) is 0 Å². The predicted octanol–water partition coefficient (Wildman–Crippen LogP) is 2.13. The Labute approximate surface area is 89.7 Å². The monoisotopic (exact) mass is 236 g/mol. The van der Waals surface area contributed by atoms with Crippen LogP contribution in [0.1, 0.15) is 6.92 Å². The Morgan fingerprint density at radius 3 is 1.07 bits per heavy atom. The van der Waals surface area contributed by atoms with Crippen molar-refractivity contribution in [1.29, 1.82) is 0 Å². The Morgan fingerprint density at radius 1 is 0.929 bits per heavy atom. The molecule has 0 aromatic heterocycles. The van der Waals surface area contributed by atoms with E-state index in [2.05, 4.69) is 6.58 Å². The molecule has 0 saturated carbocycles. The first-order valence-corrected chi connectivity index (χ1v) is 4.79. The smallest absolute Gasteiger partial charge is 0.324 e. The first kappa shape index (κ1) is 19.3. The molecule has 0 aliphatic heterocycles. The first-order valence-electron chi connectivity index (χ1n) is 3.59. The molecular formula is C9H18O3P2. The summed E-state index contributed by atoms with van der Waals surface area (Å²) >= 11 is 0. The zero-order chi connectivity index (χ0) is 10.5. The number of rotatable bonds is 0. The fourth-order valence-corrected chi connectivity index (χ4v) is 0.385. The van der Waals surface area contributed by atoms with Gasteiger partial charge < -0.3 is 14.7 Å². The second kappa shape index (κ2) is 18.5. The summed E-state index contributed by atoms with van der Waals surface area (Å²) in [5.41, 5.74) is 0.